The van der Waals surface area contributed by atoms with Crippen molar-refractivity contribution in [3.63, 3.8) is 0 Å². The summed E-state index contributed by atoms with van der Waals surface area (Å²) in [6, 6.07) is 10.5. The highest BCUT2D eigenvalue weighted by molar-refractivity contribution is 5.62. The van der Waals surface area contributed by atoms with Gasteiger partial charge in [-0.1, -0.05) is 69.0 Å². The first-order chi connectivity index (χ1) is 13.2. The molecule has 1 aromatic carbocycles. The van der Waals surface area contributed by atoms with Crippen molar-refractivity contribution in [2.24, 2.45) is 0 Å². The molecule has 27 heavy (non-hydrogen) atoms. The highest BCUT2D eigenvalue weighted by atomic mass is 16.9. The van der Waals surface area contributed by atoms with Crippen molar-refractivity contribution in [1.29, 1.82) is 0 Å². The molecule has 1 aromatic rings. The minimum atomic E-state index is -0.837. The van der Waals surface area contributed by atoms with Crippen molar-refractivity contribution in [3.05, 3.63) is 42.5 Å². The third-order valence-corrected chi connectivity index (χ3v) is 4.74. The first kappa shape index (κ1) is 23.9. The van der Waals surface area contributed by atoms with Gasteiger partial charge in [-0.15, -0.1) is 0 Å². The Hall–Kier alpha value is -1.16. The zero-order valence-electron chi connectivity index (χ0n) is 17.8. The molecule has 0 fully saturated rings. The monoisotopic (exact) mass is 376 g/mol. The zero-order chi connectivity index (χ0) is 19.8. The number of unbranched alkanes of at least 4 members (excludes halogenated alkanes) is 6. The largest absolute Gasteiger partial charge is 0.328 e. The molecule has 0 bridgehead atoms. The average Bonchev–Trinajstić information content (AvgIpc) is 2.68. The number of ether oxygens (including phenoxy) is 3. The molecular formula is C24H40O3. The summed E-state index contributed by atoms with van der Waals surface area (Å²) < 4.78 is 17.3. The molecule has 0 atom stereocenters. The standard InChI is InChI=1S/C24H40O3/c1-5-25-24(26-6-2,27-7-3)21-17-12-10-8-9-11-14-18-22(4)23-19-15-13-16-20-23/h13,15-16,19-20H,4-12,14,17-18,21H2,1-3H3. The Bertz CT molecular complexity index is 467. The van der Waals surface area contributed by atoms with Crippen LogP contribution >= 0.6 is 0 Å². The lowest BCUT2D eigenvalue weighted by molar-refractivity contribution is -0.380. The van der Waals surface area contributed by atoms with E-state index < -0.39 is 5.97 Å². The van der Waals surface area contributed by atoms with Crippen LogP contribution < -0.4 is 0 Å². The van der Waals surface area contributed by atoms with Crippen LogP contribution in [0.15, 0.2) is 36.9 Å². The molecular weight excluding hydrogens is 336 g/mol. The van der Waals surface area contributed by atoms with Gasteiger partial charge in [0, 0.05) is 26.2 Å². The second kappa shape index (κ2) is 14.8. The molecule has 0 spiro atoms. The quantitative estimate of drug-likeness (QED) is 0.217. The van der Waals surface area contributed by atoms with E-state index in [1.54, 1.807) is 0 Å². The Balaban J connectivity index is 2.09. The number of hydrogen-bond acceptors (Lipinski definition) is 3. The molecule has 0 unspecified atom stereocenters. The summed E-state index contributed by atoms with van der Waals surface area (Å²) in [5, 5.41) is 0. The van der Waals surface area contributed by atoms with Gasteiger partial charge in [-0.05, 0) is 51.2 Å². The highest BCUT2D eigenvalue weighted by Crippen LogP contribution is 2.24. The third kappa shape index (κ3) is 10.1. The molecule has 0 aliphatic carbocycles. The Morgan fingerprint density at radius 1 is 0.741 bits per heavy atom. The normalized spacial score (nSPS) is 11.7. The van der Waals surface area contributed by atoms with Gasteiger partial charge in [-0.2, -0.15) is 0 Å². The summed E-state index contributed by atoms with van der Waals surface area (Å²) in [5.74, 6) is -0.837. The van der Waals surface area contributed by atoms with Crippen LogP contribution in [0.5, 0.6) is 0 Å². The Morgan fingerprint density at radius 2 is 1.22 bits per heavy atom. The van der Waals surface area contributed by atoms with Crippen molar-refractivity contribution >= 4 is 5.57 Å². The summed E-state index contributed by atoms with van der Waals surface area (Å²) in [7, 11) is 0. The lowest BCUT2D eigenvalue weighted by Gasteiger charge is -2.32. The van der Waals surface area contributed by atoms with E-state index in [0.29, 0.717) is 19.8 Å². The summed E-state index contributed by atoms with van der Waals surface area (Å²) in [5.41, 5.74) is 2.54. The maximum atomic E-state index is 5.78. The molecule has 0 aliphatic heterocycles. The molecule has 3 nitrogen and oxygen atoms in total. The zero-order valence-corrected chi connectivity index (χ0v) is 17.8. The maximum absolute atomic E-state index is 5.78. The molecule has 0 saturated heterocycles. The molecule has 154 valence electrons. The highest BCUT2D eigenvalue weighted by Gasteiger charge is 2.31. The Morgan fingerprint density at radius 3 is 1.74 bits per heavy atom. The molecule has 0 aliphatic rings. The smallest absolute Gasteiger partial charge is 0.282 e. The molecule has 0 heterocycles. The fourth-order valence-corrected chi connectivity index (χ4v) is 3.38. The van der Waals surface area contributed by atoms with Crippen LogP contribution in [0.4, 0.5) is 0 Å². The van der Waals surface area contributed by atoms with Gasteiger partial charge in [0.15, 0.2) is 0 Å². The minimum absolute atomic E-state index is 0.605. The predicted molar refractivity (Wildman–Crippen MR) is 115 cm³/mol. The number of hydrogen-bond donors (Lipinski definition) is 0. The van der Waals surface area contributed by atoms with E-state index >= 15 is 0 Å². The Kier molecular flexibility index (Phi) is 13.1. The van der Waals surface area contributed by atoms with E-state index in [1.165, 1.54) is 49.7 Å². The van der Waals surface area contributed by atoms with Gasteiger partial charge in [0.05, 0.1) is 0 Å². The van der Waals surface area contributed by atoms with Crippen LogP contribution in [0.25, 0.3) is 5.57 Å². The fourth-order valence-electron chi connectivity index (χ4n) is 3.38. The fraction of sp³-hybridized carbons (Fsp3) is 0.667. The number of allylic oxidation sites excluding steroid dienone is 1. The first-order valence-electron chi connectivity index (χ1n) is 10.8. The van der Waals surface area contributed by atoms with Crippen molar-refractivity contribution in [2.45, 2.75) is 84.5 Å². The summed E-state index contributed by atoms with van der Waals surface area (Å²) in [4.78, 5) is 0. The van der Waals surface area contributed by atoms with E-state index in [1.807, 2.05) is 20.8 Å². The second-order valence-electron chi connectivity index (χ2n) is 6.93. The van der Waals surface area contributed by atoms with Gasteiger partial charge >= 0.3 is 0 Å². The molecule has 0 aromatic heterocycles. The van der Waals surface area contributed by atoms with Crippen molar-refractivity contribution in [3.8, 4) is 0 Å². The van der Waals surface area contributed by atoms with E-state index in [4.69, 9.17) is 14.2 Å². The van der Waals surface area contributed by atoms with Gasteiger partial charge < -0.3 is 14.2 Å². The van der Waals surface area contributed by atoms with Crippen LogP contribution in [-0.2, 0) is 14.2 Å². The topological polar surface area (TPSA) is 27.7 Å². The van der Waals surface area contributed by atoms with Gasteiger partial charge in [-0.3, -0.25) is 0 Å². The summed E-state index contributed by atoms with van der Waals surface area (Å²) in [6.45, 7) is 12.0. The van der Waals surface area contributed by atoms with Crippen molar-refractivity contribution in [1.82, 2.24) is 0 Å². The molecule has 0 saturated carbocycles. The Labute approximate surface area is 167 Å². The molecule has 0 radical (unpaired) electrons. The predicted octanol–water partition coefficient (Wildman–Crippen LogP) is 6.97. The van der Waals surface area contributed by atoms with Gasteiger partial charge in [0.1, 0.15) is 0 Å². The van der Waals surface area contributed by atoms with Crippen molar-refractivity contribution in [2.75, 3.05) is 19.8 Å². The third-order valence-electron chi connectivity index (χ3n) is 4.74. The minimum Gasteiger partial charge on any atom is -0.328 e. The van der Waals surface area contributed by atoms with Crippen LogP contribution in [0.3, 0.4) is 0 Å². The van der Waals surface area contributed by atoms with E-state index in [9.17, 15) is 0 Å². The van der Waals surface area contributed by atoms with Gasteiger partial charge in [0.2, 0.25) is 0 Å². The molecule has 0 amide bonds. The maximum Gasteiger partial charge on any atom is 0.282 e. The second-order valence-corrected chi connectivity index (χ2v) is 6.93. The molecule has 3 heteroatoms. The number of benzene rings is 1. The first-order valence-corrected chi connectivity index (χ1v) is 10.8. The average molecular weight is 377 g/mol. The van der Waals surface area contributed by atoms with E-state index in [2.05, 4.69) is 36.9 Å². The van der Waals surface area contributed by atoms with Crippen LogP contribution in [0.2, 0.25) is 0 Å². The molecule has 0 N–H and O–H groups in total. The van der Waals surface area contributed by atoms with Crippen LogP contribution in [0, 0.1) is 0 Å². The van der Waals surface area contributed by atoms with E-state index in [-0.39, 0.29) is 0 Å². The lowest BCUT2D eigenvalue weighted by Crippen LogP contribution is -2.39. The summed E-state index contributed by atoms with van der Waals surface area (Å²) in [6.07, 6.45) is 10.6. The van der Waals surface area contributed by atoms with Crippen molar-refractivity contribution < 1.29 is 14.2 Å². The SMILES string of the molecule is C=C(CCCCCCCCCC(OCC)(OCC)OCC)c1ccccc1. The van der Waals surface area contributed by atoms with E-state index in [0.717, 1.165) is 19.3 Å². The number of rotatable bonds is 17. The van der Waals surface area contributed by atoms with Crippen LogP contribution in [-0.4, -0.2) is 25.8 Å². The van der Waals surface area contributed by atoms with Gasteiger partial charge in [-0.25, -0.2) is 0 Å². The molecule has 1 rings (SSSR count). The van der Waals surface area contributed by atoms with Crippen LogP contribution in [0.1, 0.15) is 84.1 Å². The lowest BCUT2D eigenvalue weighted by atomic mass is 10.0. The summed E-state index contributed by atoms with van der Waals surface area (Å²) >= 11 is 0. The van der Waals surface area contributed by atoms with Gasteiger partial charge in [0.25, 0.3) is 5.97 Å².